The van der Waals surface area contributed by atoms with E-state index in [2.05, 4.69) is 29.0 Å². The molecule has 0 aromatic heterocycles. The molecule has 104 valence electrons. The molecule has 1 aliphatic heterocycles. The van der Waals surface area contributed by atoms with Crippen LogP contribution in [0.5, 0.6) is 0 Å². The number of hydrogen-bond donors (Lipinski definition) is 1. The van der Waals surface area contributed by atoms with E-state index >= 15 is 0 Å². The van der Waals surface area contributed by atoms with Gasteiger partial charge in [0.05, 0.1) is 11.6 Å². The van der Waals surface area contributed by atoms with Crippen molar-refractivity contribution in [3.63, 3.8) is 0 Å². The van der Waals surface area contributed by atoms with Crippen LogP contribution in [0.15, 0.2) is 0 Å². The van der Waals surface area contributed by atoms with Gasteiger partial charge >= 0.3 is 0 Å². The first kappa shape index (κ1) is 13.8. The van der Waals surface area contributed by atoms with Crippen molar-refractivity contribution in [1.82, 2.24) is 15.1 Å². The van der Waals surface area contributed by atoms with E-state index in [9.17, 15) is 4.79 Å². The summed E-state index contributed by atoms with van der Waals surface area (Å²) in [6, 6.07) is 0.438. The van der Waals surface area contributed by atoms with Gasteiger partial charge in [0.15, 0.2) is 0 Å². The fraction of sp³-hybridized carbons (Fsp3) is 0.929. The predicted octanol–water partition coefficient (Wildman–Crippen LogP) is 1.07. The Morgan fingerprint density at radius 2 is 1.94 bits per heavy atom. The highest BCUT2D eigenvalue weighted by atomic mass is 16.2. The first-order valence-corrected chi connectivity index (χ1v) is 7.13. The average Bonchev–Trinajstić information content (AvgIpc) is 2.75. The molecular weight excluding hydrogens is 226 g/mol. The van der Waals surface area contributed by atoms with Crippen LogP contribution in [0.3, 0.4) is 0 Å². The normalized spacial score (nSPS) is 29.3. The Labute approximate surface area is 111 Å². The fourth-order valence-electron chi connectivity index (χ4n) is 3.36. The molecule has 2 fully saturated rings. The van der Waals surface area contributed by atoms with E-state index in [4.69, 9.17) is 0 Å². The van der Waals surface area contributed by atoms with Crippen LogP contribution in [0.4, 0.5) is 0 Å². The van der Waals surface area contributed by atoms with Gasteiger partial charge in [0.25, 0.3) is 0 Å². The lowest BCUT2D eigenvalue weighted by molar-refractivity contribution is -0.146. The summed E-state index contributed by atoms with van der Waals surface area (Å²) < 4.78 is 0. The first-order chi connectivity index (χ1) is 8.42. The van der Waals surface area contributed by atoms with Gasteiger partial charge in [-0.2, -0.15) is 0 Å². The van der Waals surface area contributed by atoms with Crippen LogP contribution in [0.1, 0.15) is 39.5 Å². The monoisotopic (exact) mass is 253 g/mol. The largest absolute Gasteiger partial charge is 0.332 e. The van der Waals surface area contributed by atoms with Gasteiger partial charge < -0.3 is 15.1 Å². The van der Waals surface area contributed by atoms with E-state index in [1.807, 2.05) is 14.1 Å². The fourth-order valence-corrected chi connectivity index (χ4v) is 3.36. The molecule has 0 radical (unpaired) electrons. The molecular formula is C14H27N3O. The number of amides is 1. The van der Waals surface area contributed by atoms with Crippen molar-refractivity contribution in [1.29, 1.82) is 0 Å². The zero-order valence-electron chi connectivity index (χ0n) is 12.2. The van der Waals surface area contributed by atoms with Gasteiger partial charge in [-0.25, -0.2) is 0 Å². The summed E-state index contributed by atoms with van der Waals surface area (Å²) in [7, 11) is 4.04. The average molecular weight is 253 g/mol. The third kappa shape index (κ3) is 2.69. The quantitative estimate of drug-likeness (QED) is 0.817. The lowest BCUT2D eigenvalue weighted by Crippen LogP contribution is -2.68. The molecule has 1 heterocycles. The molecule has 4 nitrogen and oxygen atoms in total. The lowest BCUT2D eigenvalue weighted by Gasteiger charge is -2.49. The minimum absolute atomic E-state index is 0.0337. The van der Waals surface area contributed by atoms with Crippen LogP contribution in [0, 0.1) is 0 Å². The highest BCUT2D eigenvalue weighted by molar-refractivity contribution is 5.84. The second-order valence-corrected chi connectivity index (χ2v) is 6.65. The second-order valence-electron chi connectivity index (χ2n) is 6.65. The maximum Gasteiger partial charge on any atom is 0.241 e. The van der Waals surface area contributed by atoms with Crippen LogP contribution >= 0.6 is 0 Å². The van der Waals surface area contributed by atoms with Gasteiger partial charge in [-0.1, -0.05) is 12.8 Å². The Morgan fingerprint density at radius 3 is 2.50 bits per heavy atom. The van der Waals surface area contributed by atoms with E-state index in [0.29, 0.717) is 11.9 Å². The van der Waals surface area contributed by atoms with Gasteiger partial charge in [0.1, 0.15) is 0 Å². The standard InChI is InChI=1S/C14H27N3O/c1-14(2)10-15-12(9-16(3)4)13(18)17(14)11-7-5-6-8-11/h11-12,15H,5-10H2,1-4H3. The molecule has 1 N–H and O–H groups in total. The Kier molecular flexibility index (Phi) is 3.97. The van der Waals surface area contributed by atoms with E-state index < -0.39 is 0 Å². The van der Waals surface area contributed by atoms with Crippen molar-refractivity contribution >= 4 is 5.91 Å². The van der Waals surface area contributed by atoms with Crippen molar-refractivity contribution in [2.75, 3.05) is 27.2 Å². The van der Waals surface area contributed by atoms with Gasteiger partial charge in [0.2, 0.25) is 5.91 Å². The zero-order chi connectivity index (χ0) is 13.3. The molecule has 0 aromatic carbocycles. The minimum atomic E-state index is -0.0467. The van der Waals surface area contributed by atoms with Crippen LogP contribution in [-0.4, -0.2) is 60.5 Å². The highest BCUT2D eigenvalue weighted by Gasteiger charge is 2.44. The number of nitrogens with one attached hydrogen (secondary N) is 1. The van der Waals surface area contributed by atoms with Gasteiger partial charge in [0, 0.05) is 19.1 Å². The topological polar surface area (TPSA) is 35.6 Å². The van der Waals surface area contributed by atoms with Crippen LogP contribution in [0.25, 0.3) is 0 Å². The smallest absolute Gasteiger partial charge is 0.241 e. The minimum Gasteiger partial charge on any atom is -0.332 e. The number of carbonyl (C=O) groups excluding carboxylic acids is 1. The Morgan fingerprint density at radius 1 is 1.33 bits per heavy atom. The maximum absolute atomic E-state index is 12.7. The highest BCUT2D eigenvalue weighted by Crippen LogP contribution is 2.31. The van der Waals surface area contributed by atoms with E-state index in [1.54, 1.807) is 0 Å². The summed E-state index contributed by atoms with van der Waals surface area (Å²) in [4.78, 5) is 17.0. The van der Waals surface area contributed by atoms with Gasteiger partial charge in [-0.05, 0) is 40.8 Å². The molecule has 2 rings (SSSR count). The molecule has 1 aliphatic carbocycles. The summed E-state index contributed by atoms with van der Waals surface area (Å²) in [5.41, 5.74) is -0.0467. The molecule has 1 atom stereocenters. The van der Waals surface area contributed by atoms with Crippen LogP contribution in [-0.2, 0) is 4.79 Å². The third-order valence-electron chi connectivity index (χ3n) is 4.21. The van der Waals surface area contributed by atoms with E-state index in [-0.39, 0.29) is 11.6 Å². The molecule has 1 amide bonds. The number of rotatable bonds is 3. The maximum atomic E-state index is 12.7. The number of nitrogens with zero attached hydrogens (tertiary/aromatic N) is 2. The van der Waals surface area contributed by atoms with Crippen molar-refractivity contribution < 1.29 is 4.79 Å². The lowest BCUT2D eigenvalue weighted by atomic mass is 9.93. The molecule has 2 aliphatic rings. The molecule has 1 saturated carbocycles. The zero-order valence-corrected chi connectivity index (χ0v) is 12.2. The molecule has 18 heavy (non-hydrogen) atoms. The molecule has 0 bridgehead atoms. The Bertz CT molecular complexity index is 308. The number of likely N-dealkylation sites (N-methyl/N-ethyl adjacent to an activating group) is 1. The summed E-state index contributed by atoms with van der Waals surface area (Å²) in [6.07, 6.45) is 4.92. The van der Waals surface area contributed by atoms with Crippen molar-refractivity contribution in [3.8, 4) is 0 Å². The van der Waals surface area contributed by atoms with E-state index in [1.165, 1.54) is 25.7 Å². The van der Waals surface area contributed by atoms with Crippen LogP contribution in [0.2, 0.25) is 0 Å². The summed E-state index contributed by atoms with van der Waals surface area (Å²) >= 11 is 0. The number of hydrogen-bond acceptors (Lipinski definition) is 3. The Balaban J connectivity index is 2.13. The molecule has 1 saturated heterocycles. The van der Waals surface area contributed by atoms with Crippen molar-refractivity contribution in [2.45, 2.75) is 57.2 Å². The first-order valence-electron chi connectivity index (χ1n) is 7.13. The summed E-state index contributed by atoms with van der Waals surface area (Å²) in [6.45, 7) is 6.05. The van der Waals surface area contributed by atoms with Crippen LogP contribution < -0.4 is 5.32 Å². The SMILES string of the molecule is CN(C)CC1NCC(C)(C)N(C2CCCC2)C1=O. The van der Waals surface area contributed by atoms with Crippen molar-refractivity contribution in [3.05, 3.63) is 0 Å². The second kappa shape index (κ2) is 5.17. The van der Waals surface area contributed by atoms with Crippen molar-refractivity contribution in [2.24, 2.45) is 0 Å². The summed E-state index contributed by atoms with van der Waals surface area (Å²) in [5, 5.41) is 3.41. The molecule has 1 unspecified atom stereocenters. The molecule has 0 spiro atoms. The third-order valence-corrected chi connectivity index (χ3v) is 4.21. The number of piperazine rings is 1. The number of carbonyl (C=O) groups is 1. The molecule has 0 aromatic rings. The van der Waals surface area contributed by atoms with Gasteiger partial charge in [-0.3, -0.25) is 4.79 Å². The summed E-state index contributed by atoms with van der Waals surface area (Å²) in [5.74, 6) is 0.298. The van der Waals surface area contributed by atoms with E-state index in [0.717, 1.165) is 13.1 Å². The predicted molar refractivity (Wildman–Crippen MR) is 73.5 cm³/mol. The molecule has 4 heteroatoms. The van der Waals surface area contributed by atoms with Gasteiger partial charge in [-0.15, -0.1) is 0 Å². The Hall–Kier alpha value is -0.610.